The lowest BCUT2D eigenvalue weighted by atomic mass is 10.1. The summed E-state index contributed by atoms with van der Waals surface area (Å²) in [6.45, 7) is 0.208. The molecule has 0 radical (unpaired) electrons. The first-order chi connectivity index (χ1) is 15.6. The van der Waals surface area contributed by atoms with E-state index in [2.05, 4.69) is 20.4 Å². The van der Waals surface area contributed by atoms with E-state index in [0.29, 0.717) is 34.4 Å². The number of anilines is 1. The molecular formula is C22H21FN6O3. The summed E-state index contributed by atoms with van der Waals surface area (Å²) < 4.78 is 20.2. The van der Waals surface area contributed by atoms with Gasteiger partial charge in [0, 0.05) is 17.3 Å². The van der Waals surface area contributed by atoms with Gasteiger partial charge in [0.15, 0.2) is 0 Å². The minimum absolute atomic E-state index is 0.191. The van der Waals surface area contributed by atoms with Crippen molar-refractivity contribution in [2.75, 3.05) is 11.4 Å². The van der Waals surface area contributed by atoms with Gasteiger partial charge in [-0.3, -0.25) is 9.88 Å². The zero-order chi connectivity index (χ0) is 21.8. The van der Waals surface area contributed by atoms with Gasteiger partial charge >= 0.3 is 6.09 Å². The van der Waals surface area contributed by atoms with Crippen molar-refractivity contribution in [1.29, 1.82) is 0 Å². The summed E-state index contributed by atoms with van der Waals surface area (Å²) in [4.78, 5) is 19.6. The second kappa shape index (κ2) is 7.33. The highest BCUT2D eigenvalue weighted by atomic mass is 19.1. The van der Waals surface area contributed by atoms with E-state index in [1.807, 2.05) is 0 Å². The van der Waals surface area contributed by atoms with Crippen LogP contribution in [0.2, 0.25) is 0 Å². The summed E-state index contributed by atoms with van der Waals surface area (Å²) in [5.41, 5.74) is 1.92. The number of cyclic esters (lactones) is 1. The highest BCUT2D eigenvalue weighted by molar-refractivity contribution is 5.90. The highest BCUT2D eigenvalue weighted by Gasteiger charge is 2.43. The number of amides is 1. The molecule has 9 nitrogen and oxygen atoms in total. The molecule has 2 saturated carbocycles. The molecule has 3 heterocycles. The maximum Gasteiger partial charge on any atom is 0.414 e. The molecule has 32 heavy (non-hydrogen) atoms. The second-order valence-corrected chi connectivity index (χ2v) is 8.62. The summed E-state index contributed by atoms with van der Waals surface area (Å²) in [6, 6.07) is 8.41. The Morgan fingerprint density at radius 1 is 1.16 bits per heavy atom. The van der Waals surface area contributed by atoms with E-state index in [0.717, 1.165) is 25.7 Å². The molecule has 2 aromatic heterocycles. The zero-order valence-electron chi connectivity index (χ0n) is 17.1. The Labute approximate surface area is 182 Å². The van der Waals surface area contributed by atoms with E-state index in [1.54, 1.807) is 35.3 Å². The van der Waals surface area contributed by atoms with Crippen LogP contribution in [0.5, 0.6) is 0 Å². The summed E-state index contributed by atoms with van der Waals surface area (Å²) in [5.74, 6) is 0.152. The van der Waals surface area contributed by atoms with Gasteiger partial charge < -0.3 is 9.84 Å². The lowest BCUT2D eigenvalue weighted by Gasteiger charge is -2.16. The third-order valence-electron chi connectivity index (χ3n) is 6.19. The Bertz CT molecular complexity index is 1170. The number of aliphatic hydroxyl groups is 1. The van der Waals surface area contributed by atoms with Crippen molar-refractivity contribution >= 4 is 11.8 Å². The normalized spacial score (nSPS) is 21.6. The molecule has 2 aliphatic carbocycles. The predicted octanol–water partition coefficient (Wildman–Crippen LogP) is 2.97. The lowest BCUT2D eigenvalue weighted by molar-refractivity contribution is 0.0200. The number of carbonyl (C=O) groups is 1. The number of hydrogen-bond donors (Lipinski definition) is 1. The van der Waals surface area contributed by atoms with E-state index in [-0.39, 0.29) is 12.5 Å². The number of tetrazole rings is 1. The molecule has 6 rings (SSSR count). The summed E-state index contributed by atoms with van der Waals surface area (Å²) in [7, 11) is 0. The van der Waals surface area contributed by atoms with Gasteiger partial charge in [0.2, 0.25) is 5.82 Å². The molecule has 3 aliphatic rings. The average molecular weight is 436 g/mol. The zero-order valence-corrected chi connectivity index (χ0v) is 17.1. The third-order valence-corrected chi connectivity index (χ3v) is 6.19. The van der Waals surface area contributed by atoms with E-state index >= 15 is 0 Å². The number of benzene rings is 1. The monoisotopic (exact) mass is 436 g/mol. The molecule has 1 N–H and O–H groups in total. The van der Waals surface area contributed by atoms with Crippen molar-refractivity contribution < 1.29 is 19.0 Å². The standard InChI is InChI=1S/C22H21FN6O3/c23-17-9-15(28-11-19(32-22(28)31)20(30)12-1-2-12)6-7-16(17)13-3-8-18(24-10-13)21-25-27-29(26-21)14-4-5-14/h3,6-10,12,14,19-20,30H,1-2,4-5,11H2/t19-,20?/m1/s1. The maximum atomic E-state index is 14.9. The van der Waals surface area contributed by atoms with Crippen molar-refractivity contribution in [3.8, 4) is 22.6 Å². The van der Waals surface area contributed by atoms with Crippen LogP contribution in [0.4, 0.5) is 14.9 Å². The van der Waals surface area contributed by atoms with E-state index in [9.17, 15) is 14.3 Å². The molecular weight excluding hydrogens is 415 g/mol. The van der Waals surface area contributed by atoms with Crippen molar-refractivity contribution in [2.45, 2.75) is 43.9 Å². The minimum atomic E-state index is -0.668. The Morgan fingerprint density at radius 2 is 2.00 bits per heavy atom. The van der Waals surface area contributed by atoms with Gasteiger partial charge in [0.1, 0.15) is 17.6 Å². The molecule has 0 bridgehead atoms. The first-order valence-corrected chi connectivity index (χ1v) is 10.8. The van der Waals surface area contributed by atoms with Gasteiger partial charge in [0.05, 0.1) is 24.4 Å². The second-order valence-electron chi connectivity index (χ2n) is 8.62. The first kappa shape index (κ1) is 19.3. The van der Waals surface area contributed by atoms with Crippen LogP contribution in [0.25, 0.3) is 22.6 Å². The molecule has 3 fully saturated rings. The molecule has 2 atom stereocenters. The van der Waals surface area contributed by atoms with Gasteiger partial charge in [-0.1, -0.05) is 6.07 Å². The van der Waals surface area contributed by atoms with Crippen LogP contribution in [0, 0.1) is 11.7 Å². The fourth-order valence-corrected chi connectivity index (χ4v) is 3.99. The quantitative estimate of drug-likeness (QED) is 0.633. The average Bonchev–Trinajstić information content (AvgIpc) is 3.74. The third kappa shape index (κ3) is 3.50. The number of ether oxygens (including phenoxy) is 1. The van der Waals surface area contributed by atoms with Crippen LogP contribution in [-0.2, 0) is 4.74 Å². The number of aliphatic hydroxyl groups excluding tert-OH is 1. The van der Waals surface area contributed by atoms with Gasteiger partial charge in [-0.15, -0.1) is 10.2 Å². The lowest BCUT2D eigenvalue weighted by Crippen LogP contribution is -2.32. The Balaban J connectivity index is 1.19. The number of aromatic nitrogens is 5. The molecule has 1 amide bonds. The predicted molar refractivity (Wildman–Crippen MR) is 111 cm³/mol. The fourth-order valence-electron chi connectivity index (χ4n) is 3.99. The summed E-state index contributed by atoms with van der Waals surface area (Å²) in [5, 5.41) is 22.7. The molecule has 0 spiro atoms. The first-order valence-electron chi connectivity index (χ1n) is 10.8. The molecule has 10 heteroatoms. The van der Waals surface area contributed by atoms with Crippen LogP contribution < -0.4 is 4.90 Å². The summed E-state index contributed by atoms with van der Waals surface area (Å²) >= 11 is 0. The topological polar surface area (TPSA) is 106 Å². The van der Waals surface area contributed by atoms with Gasteiger partial charge in [-0.05, 0) is 61.1 Å². The van der Waals surface area contributed by atoms with Crippen molar-refractivity contribution in [1.82, 2.24) is 25.2 Å². The number of halogens is 1. The van der Waals surface area contributed by atoms with Crippen molar-refractivity contribution in [2.24, 2.45) is 5.92 Å². The number of nitrogens with zero attached hydrogens (tertiary/aromatic N) is 6. The highest BCUT2D eigenvalue weighted by Crippen LogP contribution is 2.37. The number of pyridine rings is 1. The van der Waals surface area contributed by atoms with Crippen LogP contribution in [0.3, 0.4) is 0 Å². The molecule has 1 aliphatic heterocycles. The number of carbonyl (C=O) groups excluding carboxylic acids is 1. The van der Waals surface area contributed by atoms with Gasteiger partial charge in [0.25, 0.3) is 0 Å². The van der Waals surface area contributed by atoms with Crippen molar-refractivity contribution in [3.05, 3.63) is 42.3 Å². The number of rotatable bonds is 6. The summed E-state index contributed by atoms with van der Waals surface area (Å²) in [6.07, 6.45) is 3.76. The Morgan fingerprint density at radius 3 is 2.69 bits per heavy atom. The van der Waals surface area contributed by atoms with E-state index in [4.69, 9.17) is 4.74 Å². The number of hydrogen-bond acceptors (Lipinski definition) is 7. The SMILES string of the molecule is O=C1O[C@@H](C(O)C2CC2)CN1c1ccc(-c2ccc(-c3nnn(C4CC4)n3)nc2)c(F)c1. The van der Waals surface area contributed by atoms with Crippen LogP contribution in [0.1, 0.15) is 31.7 Å². The van der Waals surface area contributed by atoms with Crippen LogP contribution in [0.15, 0.2) is 36.5 Å². The molecule has 3 aromatic rings. The smallest absolute Gasteiger partial charge is 0.414 e. The fraction of sp³-hybridized carbons (Fsp3) is 0.409. The van der Waals surface area contributed by atoms with E-state index < -0.39 is 24.1 Å². The van der Waals surface area contributed by atoms with Gasteiger partial charge in [-0.2, -0.15) is 4.80 Å². The Kier molecular flexibility index (Phi) is 4.42. The molecule has 1 saturated heterocycles. The van der Waals surface area contributed by atoms with Gasteiger partial charge in [-0.25, -0.2) is 9.18 Å². The molecule has 1 aromatic carbocycles. The molecule has 1 unspecified atom stereocenters. The van der Waals surface area contributed by atoms with Crippen molar-refractivity contribution in [3.63, 3.8) is 0 Å². The Hall–Kier alpha value is -3.40. The van der Waals surface area contributed by atoms with Crippen LogP contribution in [-0.4, -0.2) is 55.1 Å². The molecule has 164 valence electrons. The largest absolute Gasteiger partial charge is 0.441 e. The van der Waals surface area contributed by atoms with Crippen LogP contribution >= 0.6 is 0 Å². The van der Waals surface area contributed by atoms with E-state index in [1.165, 1.54) is 11.0 Å². The maximum absolute atomic E-state index is 14.9. The minimum Gasteiger partial charge on any atom is -0.441 e.